The summed E-state index contributed by atoms with van der Waals surface area (Å²) < 4.78 is 20.1. The molecule has 0 N–H and O–H groups in total. The van der Waals surface area contributed by atoms with Gasteiger partial charge in [-0.05, 0) is 46.7 Å². The van der Waals surface area contributed by atoms with Crippen LogP contribution in [0.25, 0.3) is 11.0 Å². The van der Waals surface area contributed by atoms with Gasteiger partial charge in [-0.1, -0.05) is 19.6 Å². The van der Waals surface area contributed by atoms with Gasteiger partial charge >= 0.3 is 7.12 Å². The zero-order valence-electron chi connectivity index (χ0n) is 19.0. The first-order valence-corrected chi connectivity index (χ1v) is 13.9. The lowest BCUT2D eigenvalue weighted by Gasteiger charge is -2.32. The summed E-state index contributed by atoms with van der Waals surface area (Å²) in [4.78, 5) is 16.9. The summed E-state index contributed by atoms with van der Waals surface area (Å²) in [6.07, 6.45) is 3.61. The summed E-state index contributed by atoms with van der Waals surface area (Å²) in [5.41, 5.74) is 1.34. The maximum absolute atomic E-state index is 12.2. The minimum atomic E-state index is -1.14. The van der Waals surface area contributed by atoms with Gasteiger partial charge in [0, 0.05) is 43.5 Å². The van der Waals surface area contributed by atoms with Crippen molar-refractivity contribution in [2.75, 3.05) is 6.61 Å². The highest BCUT2D eigenvalue weighted by Crippen LogP contribution is 2.36. The molecule has 29 heavy (non-hydrogen) atoms. The molecule has 3 rings (SSSR count). The van der Waals surface area contributed by atoms with E-state index in [1.165, 1.54) is 0 Å². The lowest BCUT2D eigenvalue weighted by atomic mass is 9.80. The predicted octanol–water partition coefficient (Wildman–Crippen LogP) is 3.85. The fourth-order valence-corrected chi connectivity index (χ4v) is 3.97. The molecule has 3 heterocycles. The maximum atomic E-state index is 12.2. The molecule has 0 unspecified atom stereocenters. The van der Waals surface area contributed by atoms with Gasteiger partial charge in [0.1, 0.15) is 12.4 Å². The van der Waals surface area contributed by atoms with E-state index in [4.69, 9.17) is 14.0 Å². The molecule has 0 radical (unpaired) electrons. The summed E-state index contributed by atoms with van der Waals surface area (Å²) in [6.45, 7) is 17.8. The fraction of sp³-hybridized carbons (Fsp3) is 0.619. The molecule has 0 spiro atoms. The van der Waals surface area contributed by atoms with Crippen LogP contribution in [-0.4, -0.2) is 48.3 Å². The van der Waals surface area contributed by atoms with Gasteiger partial charge in [-0.15, -0.1) is 0 Å². The second kappa shape index (κ2) is 7.65. The number of Topliss-reactive ketones (excluding diaryl/α,β-unsaturated/α-hetero) is 1. The lowest BCUT2D eigenvalue weighted by Crippen LogP contribution is -2.41. The summed E-state index contributed by atoms with van der Waals surface area (Å²) in [5, 5.41) is 0.804. The van der Waals surface area contributed by atoms with Crippen LogP contribution >= 0.6 is 0 Å². The normalized spacial score (nSPS) is 18.6. The van der Waals surface area contributed by atoms with Gasteiger partial charge in [-0.2, -0.15) is 0 Å². The smallest absolute Gasteiger partial charge is 0.399 e. The van der Waals surface area contributed by atoms with E-state index in [-0.39, 0.29) is 5.78 Å². The van der Waals surface area contributed by atoms with Crippen molar-refractivity contribution in [3.63, 3.8) is 0 Å². The number of nitrogens with zero attached hydrogens (tertiary/aromatic N) is 2. The standard InChI is InChI=1S/C21H33BN2O4Si/c1-15(25)18-13-24(14-26-9-10-29(6,7)8)19-17(18)11-16(12-23-19)22-27-20(2,3)21(4,5)28-22/h11-13H,9-10,14H2,1-8H3. The lowest BCUT2D eigenvalue weighted by molar-refractivity contribution is 0.00578. The maximum Gasteiger partial charge on any atom is 0.496 e. The third kappa shape index (κ3) is 4.66. The van der Waals surface area contributed by atoms with Gasteiger partial charge in [0.15, 0.2) is 5.78 Å². The molecule has 1 fully saturated rings. The summed E-state index contributed by atoms with van der Waals surface area (Å²) in [6, 6.07) is 3.06. The second-order valence-electron chi connectivity index (χ2n) is 10.1. The molecule has 158 valence electrons. The Morgan fingerprint density at radius 2 is 1.83 bits per heavy atom. The molecule has 1 saturated heterocycles. The number of hydrogen-bond acceptors (Lipinski definition) is 5. The Labute approximate surface area is 175 Å². The minimum absolute atomic E-state index is 0.00344. The zero-order chi connectivity index (χ0) is 21.6. The molecular formula is C21H33BN2O4Si. The summed E-state index contributed by atoms with van der Waals surface area (Å²) in [5.74, 6) is 0.00344. The van der Waals surface area contributed by atoms with Crippen LogP contribution in [-0.2, 0) is 20.8 Å². The van der Waals surface area contributed by atoms with Gasteiger partial charge in [-0.3, -0.25) is 4.79 Å². The third-order valence-electron chi connectivity index (χ3n) is 5.87. The van der Waals surface area contributed by atoms with E-state index in [1.807, 2.05) is 44.5 Å². The molecule has 2 aromatic rings. The van der Waals surface area contributed by atoms with Crippen molar-refractivity contribution >= 4 is 37.5 Å². The van der Waals surface area contributed by atoms with Gasteiger partial charge in [0.25, 0.3) is 0 Å². The number of hydrogen-bond donors (Lipinski definition) is 0. The highest BCUT2D eigenvalue weighted by atomic mass is 28.3. The first kappa shape index (κ1) is 22.2. The highest BCUT2D eigenvalue weighted by molar-refractivity contribution is 6.76. The molecule has 0 amide bonds. The number of fused-ring (bicyclic) bond motifs is 1. The van der Waals surface area contributed by atoms with Crippen molar-refractivity contribution in [2.45, 2.75) is 78.2 Å². The van der Waals surface area contributed by atoms with Gasteiger partial charge in [0.05, 0.1) is 11.2 Å². The van der Waals surface area contributed by atoms with Gasteiger partial charge < -0.3 is 18.6 Å². The molecule has 0 aromatic carbocycles. The Kier molecular flexibility index (Phi) is 5.86. The molecule has 0 saturated carbocycles. The third-order valence-corrected chi connectivity index (χ3v) is 7.57. The van der Waals surface area contributed by atoms with Crippen LogP contribution in [0.1, 0.15) is 45.0 Å². The Morgan fingerprint density at radius 1 is 1.21 bits per heavy atom. The monoisotopic (exact) mass is 416 g/mol. The Bertz CT molecular complexity index is 901. The molecule has 6 nitrogen and oxygen atoms in total. The number of carbonyl (C=O) groups is 1. The largest absolute Gasteiger partial charge is 0.496 e. The summed E-state index contributed by atoms with van der Waals surface area (Å²) in [7, 11) is -1.65. The van der Waals surface area contributed by atoms with Crippen LogP contribution in [0.15, 0.2) is 18.5 Å². The molecule has 0 aliphatic carbocycles. The van der Waals surface area contributed by atoms with E-state index in [0.717, 1.165) is 29.1 Å². The van der Waals surface area contributed by atoms with E-state index in [2.05, 4.69) is 24.6 Å². The average Bonchev–Trinajstić information content (AvgIpc) is 3.05. The van der Waals surface area contributed by atoms with Gasteiger partial charge in [0.2, 0.25) is 0 Å². The zero-order valence-corrected chi connectivity index (χ0v) is 20.0. The Morgan fingerprint density at radius 3 is 2.38 bits per heavy atom. The first-order chi connectivity index (χ1) is 13.3. The molecule has 2 aromatic heterocycles. The molecule has 8 heteroatoms. The summed E-state index contributed by atoms with van der Waals surface area (Å²) >= 11 is 0. The van der Waals surface area contributed by atoms with Crippen molar-refractivity contribution in [3.8, 4) is 0 Å². The average molecular weight is 416 g/mol. The number of carbonyl (C=O) groups excluding carboxylic acids is 1. The predicted molar refractivity (Wildman–Crippen MR) is 120 cm³/mol. The SMILES string of the molecule is CC(=O)c1cn(COCC[Si](C)(C)C)c2ncc(B3OC(C)(C)C(C)(C)O3)cc12. The topological polar surface area (TPSA) is 62.6 Å². The minimum Gasteiger partial charge on any atom is -0.399 e. The first-order valence-electron chi connectivity index (χ1n) is 10.2. The Balaban J connectivity index is 1.87. The van der Waals surface area contributed by atoms with Crippen LogP contribution in [0, 0.1) is 0 Å². The quantitative estimate of drug-likeness (QED) is 0.390. The van der Waals surface area contributed by atoms with Crippen molar-refractivity contribution in [1.82, 2.24) is 9.55 Å². The highest BCUT2D eigenvalue weighted by Gasteiger charge is 2.51. The number of ketones is 1. The van der Waals surface area contributed by atoms with Crippen molar-refractivity contribution in [3.05, 3.63) is 24.0 Å². The molecule has 1 aliphatic rings. The van der Waals surface area contributed by atoms with Crippen LogP contribution in [0.3, 0.4) is 0 Å². The van der Waals surface area contributed by atoms with Crippen LogP contribution < -0.4 is 5.46 Å². The van der Waals surface area contributed by atoms with Crippen molar-refractivity contribution < 1.29 is 18.8 Å². The number of pyridine rings is 1. The molecular weight excluding hydrogens is 383 g/mol. The molecule has 0 bridgehead atoms. The van der Waals surface area contributed by atoms with Crippen LogP contribution in [0.5, 0.6) is 0 Å². The number of aromatic nitrogens is 2. The molecule has 1 aliphatic heterocycles. The van der Waals surface area contributed by atoms with Crippen LogP contribution in [0.2, 0.25) is 25.7 Å². The van der Waals surface area contributed by atoms with E-state index < -0.39 is 26.4 Å². The second-order valence-corrected chi connectivity index (χ2v) is 15.8. The van der Waals surface area contributed by atoms with E-state index in [0.29, 0.717) is 12.3 Å². The Hall–Kier alpha value is -1.48. The van der Waals surface area contributed by atoms with Crippen molar-refractivity contribution in [1.29, 1.82) is 0 Å². The molecule has 0 atom stereocenters. The van der Waals surface area contributed by atoms with E-state index >= 15 is 0 Å². The number of ether oxygens (including phenoxy) is 1. The van der Waals surface area contributed by atoms with E-state index in [1.54, 1.807) is 13.1 Å². The van der Waals surface area contributed by atoms with Gasteiger partial charge in [-0.25, -0.2) is 4.98 Å². The van der Waals surface area contributed by atoms with Crippen LogP contribution in [0.4, 0.5) is 0 Å². The van der Waals surface area contributed by atoms with E-state index in [9.17, 15) is 4.79 Å². The number of rotatable bonds is 7. The van der Waals surface area contributed by atoms with Crippen molar-refractivity contribution in [2.24, 2.45) is 0 Å². The fourth-order valence-electron chi connectivity index (χ4n) is 3.22.